The molecular weight excluding hydrogens is 546 g/mol. The lowest BCUT2D eigenvalue weighted by Crippen LogP contribution is -2.55. The smallest absolute Gasteiger partial charge is 0.253 e. The van der Waals surface area contributed by atoms with Gasteiger partial charge in [-0.25, -0.2) is 4.90 Å². The monoisotopic (exact) mass is 571 g/mol. The first kappa shape index (κ1) is 26.7. The number of rotatable bonds is 6. The number of nitrogens with two attached hydrogens (primary N) is 1. The van der Waals surface area contributed by atoms with E-state index >= 15 is 0 Å². The average molecular weight is 572 g/mol. The highest BCUT2D eigenvalue weighted by atomic mass is 35.5. The Morgan fingerprint density at radius 3 is 2.34 bits per heavy atom. The van der Waals surface area contributed by atoms with Crippen molar-refractivity contribution in [2.45, 2.75) is 31.5 Å². The van der Waals surface area contributed by atoms with E-state index in [9.17, 15) is 24.0 Å². The van der Waals surface area contributed by atoms with Gasteiger partial charge in [0.1, 0.15) is 5.54 Å². The van der Waals surface area contributed by atoms with E-state index in [2.05, 4.69) is 10.6 Å². The van der Waals surface area contributed by atoms with Gasteiger partial charge in [0.15, 0.2) is 0 Å². The maximum absolute atomic E-state index is 14.5. The molecule has 41 heavy (non-hydrogen) atoms. The van der Waals surface area contributed by atoms with Crippen LogP contribution in [0.1, 0.15) is 24.5 Å². The van der Waals surface area contributed by atoms with Crippen molar-refractivity contribution in [3.8, 4) is 0 Å². The number of imide groups is 1. The number of halogens is 1. The summed E-state index contributed by atoms with van der Waals surface area (Å²) >= 11 is 6.43. The Kier molecular flexibility index (Phi) is 6.39. The fourth-order valence-corrected chi connectivity index (χ4v) is 6.64. The van der Waals surface area contributed by atoms with Crippen molar-refractivity contribution in [2.24, 2.45) is 17.6 Å². The molecule has 0 saturated carbocycles. The number of nitrogens with one attached hydrogen (secondary N) is 2. The molecule has 0 unspecified atom stereocenters. The summed E-state index contributed by atoms with van der Waals surface area (Å²) in [7, 11) is 0. The van der Waals surface area contributed by atoms with E-state index in [1.807, 2.05) is 12.1 Å². The Balaban J connectivity index is 1.45. The van der Waals surface area contributed by atoms with Gasteiger partial charge in [0.25, 0.3) is 5.91 Å². The second-order valence-electron chi connectivity index (χ2n) is 10.5. The fraction of sp³-hybridized carbons (Fsp3) is 0.233. The van der Waals surface area contributed by atoms with Gasteiger partial charge < -0.3 is 16.0 Å². The van der Waals surface area contributed by atoms with Gasteiger partial charge in [-0.3, -0.25) is 29.3 Å². The van der Waals surface area contributed by atoms with E-state index < -0.39 is 47.0 Å². The number of carbonyl (C=O) groups excluding carboxylic acids is 5. The Labute approximate surface area is 240 Å². The molecule has 3 aliphatic rings. The second kappa shape index (κ2) is 9.83. The zero-order valence-electron chi connectivity index (χ0n) is 22.0. The number of hydrogen-bond donors (Lipinski definition) is 3. The zero-order chi connectivity index (χ0) is 29.1. The minimum atomic E-state index is -1.60. The zero-order valence-corrected chi connectivity index (χ0v) is 22.7. The number of anilines is 3. The summed E-state index contributed by atoms with van der Waals surface area (Å²) in [5.74, 6) is -4.57. The summed E-state index contributed by atoms with van der Waals surface area (Å²) in [5, 5.41) is 6.40. The molecule has 0 bridgehead atoms. The summed E-state index contributed by atoms with van der Waals surface area (Å²) < 4.78 is 0. The van der Waals surface area contributed by atoms with E-state index in [1.165, 1.54) is 6.92 Å². The van der Waals surface area contributed by atoms with Crippen LogP contribution in [-0.4, -0.2) is 35.6 Å². The number of para-hydroxylation sites is 1. The predicted octanol–water partition coefficient (Wildman–Crippen LogP) is 2.69. The summed E-state index contributed by atoms with van der Waals surface area (Å²) in [6.07, 6.45) is -0.239. The van der Waals surface area contributed by atoms with Gasteiger partial charge in [-0.1, -0.05) is 48.0 Å². The number of hydrogen-bond acceptors (Lipinski definition) is 6. The molecule has 6 rings (SSSR count). The molecule has 0 aromatic heterocycles. The van der Waals surface area contributed by atoms with Gasteiger partial charge in [0, 0.05) is 41.3 Å². The van der Waals surface area contributed by atoms with Gasteiger partial charge in [0.05, 0.1) is 24.1 Å². The standard InChI is InChI=1S/C30H26ClN5O5/c1-16(37)33-18-10-12-19(13-11-18)36-27(39)25-22(14-24(32)38)34-30(26(25)28(36)40)20-7-3-5-9-23(20)35(29(30)41)15-17-6-2-4-8-21(17)31/h2-13,22,25-26,34H,14-15H2,1H3,(H2,32,38)(H,33,37)/t22-,25+,26+,30+/m0/s1. The predicted molar refractivity (Wildman–Crippen MR) is 152 cm³/mol. The van der Waals surface area contributed by atoms with Crippen LogP contribution in [-0.2, 0) is 36.1 Å². The topological polar surface area (TPSA) is 142 Å². The van der Waals surface area contributed by atoms with Crippen LogP contribution < -0.4 is 26.2 Å². The van der Waals surface area contributed by atoms with Crippen LogP contribution in [0.15, 0.2) is 72.8 Å². The quantitative estimate of drug-likeness (QED) is 0.388. The largest absolute Gasteiger partial charge is 0.370 e. The Morgan fingerprint density at radius 1 is 0.976 bits per heavy atom. The number of nitrogens with zero attached hydrogens (tertiary/aromatic N) is 2. The first-order valence-corrected chi connectivity index (χ1v) is 13.5. The lowest BCUT2D eigenvalue weighted by atomic mass is 9.76. The van der Waals surface area contributed by atoms with Crippen molar-refractivity contribution >= 4 is 58.2 Å². The molecule has 4 atom stereocenters. The van der Waals surface area contributed by atoms with Crippen LogP contribution in [0, 0.1) is 11.8 Å². The highest BCUT2D eigenvalue weighted by molar-refractivity contribution is 6.31. The second-order valence-corrected chi connectivity index (χ2v) is 10.9. The first-order chi connectivity index (χ1) is 19.6. The maximum atomic E-state index is 14.5. The molecule has 3 aliphatic heterocycles. The minimum absolute atomic E-state index is 0.146. The molecule has 10 nitrogen and oxygen atoms in total. The molecule has 1 spiro atoms. The average Bonchev–Trinajstić information content (AvgIpc) is 3.49. The summed E-state index contributed by atoms with van der Waals surface area (Å²) in [4.78, 5) is 68.8. The van der Waals surface area contributed by atoms with Crippen molar-refractivity contribution in [1.82, 2.24) is 5.32 Å². The highest BCUT2D eigenvalue weighted by Gasteiger charge is 2.71. The fourth-order valence-electron chi connectivity index (χ4n) is 6.44. The molecule has 208 valence electrons. The van der Waals surface area contributed by atoms with Crippen molar-refractivity contribution < 1.29 is 24.0 Å². The highest BCUT2D eigenvalue weighted by Crippen LogP contribution is 2.55. The molecule has 3 heterocycles. The van der Waals surface area contributed by atoms with Gasteiger partial charge >= 0.3 is 0 Å². The van der Waals surface area contributed by atoms with Crippen LogP contribution in [0.2, 0.25) is 5.02 Å². The molecule has 0 aliphatic carbocycles. The lowest BCUT2D eigenvalue weighted by molar-refractivity contribution is -0.132. The number of amides is 5. The third-order valence-corrected chi connectivity index (χ3v) is 8.39. The number of benzene rings is 3. The van der Waals surface area contributed by atoms with Crippen LogP contribution >= 0.6 is 11.6 Å². The van der Waals surface area contributed by atoms with Crippen LogP contribution in [0.4, 0.5) is 17.1 Å². The Bertz CT molecular complexity index is 1630. The van der Waals surface area contributed by atoms with Gasteiger partial charge in [-0.15, -0.1) is 0 Å². The van der Waals surface area contributed by atoms with Crippen molar-refractivity contribution in [3.05, 3.63) is 88.9 Å². The van der Waals surface area contributed by atoms with E-state index in [4.69, 9.17) is 17.3 Å². The third-order valence-electron chi connectivity index (χ3n) is 8.02. The van der Waals surface area contributed by atoms with E-state index in [-0.39, 0.29) is 18.9 Å². The maximum Gasteiger partial charge on any atom is 0.253 e. The van der Waals surface area contributed by atoms with Gasteiger partial charge in [0.2, 0.25) is 23.6 Å². The molecule has 4 N–H and O–H groups in total. The van der Waals surface area contributed by atoms with Crippen molar-refractivity contribution in [2.75, 3.05) is 15.1 Å². The third kappa shape index (κ3) is 4.10. The van der Waals surface area contributed by atoms with E-state index in [1.54, 1.807) is 65.6 Å². The first-order valence-electron chi connectivity index (χ1n) is 13.1. The molecule has 5 amide bonds. The van der Waals surface area contributed by atoms with Crippen molar-refractivity contribution in [1.29, 1.82) is 0 Å². The summed E-state index contributed by atoms with van der Waals surface area (Å²) in [5.41, 5.74) is 6.61. The van der Waals surface area contributed by atoms with Gasteiger partial charge in [-0.05, 0) is 42.0 Å². The SMILES string of the molecule is CC(=O)Nc1ccc(N2C(=O)[C@@H]3[C@H](CC(N)=O)N[C@@]4(C(=O)N(Cc5ccccc5Cl)c5ccccc54)[C@H]3C2=O)cc1. The lowest BCUT2D eigenvalue weighted by Gasteiger charge is -2.30. The molecule has 0 radical (unpaired) electrons. The van der Waals surface area contributed by atoms with E-state index in [0.717, 1.165) is 4.90 Å². The minimum Gasteiger partial charge on any atom is -0.370 e. The molecular formula is C30H26ClN5O5. The van der Waals surface area contributed by atoms with Crippen molar-refractivity contribution in [3.63, 3.8) is 0 Å². The normalized spacial score (nSPS) is 24.6. The molecule has 3 aromatic rings. The molecule has 11 heteroatoms. The number of primary amides is 1. The van der Waals surface area contributed by atoms with E-state index in [0.29, 0.717) is 33.2 Å². The summed E-state index contributed by atoms with van der Waals surface area (Å²) in [6, 6.07) is 19.7. The van der Waals surface area contributed by atoms with Crippen LogP contribution in [0.3, 0.4) is 0 Å². The summed E-state index contributed by atoms with van der Waals surface area (Å²) in [6.45, 7) is 1.52. The van der Waals surface area contributed by atoms with Gasteiger partial charge in [-0.2, -0.15) is 0 Å². The molecule has 2 saturated heterocycles. The molecule has 2 fully saturated rings. The number of fused-ring (bicyclic) bond motifs is 4. The Hall–Kier alpha value is -4.54. The Morgan fingerprint density at radius 2 is 1.66 bits per heavy atom. The number of carbonyl (C=O) groups is 5. The van der Waals surface area contributed by atoms with Crippen LogP contribution in [0.25, 0.3) is 0 Å². The molecule has 3 aromatic carbocycles. The van der Waals surface area contributed by atoms with Crippen LogP contribution in [0.5, 0.6) is 0 Å².